The van der Waals surface area contributed by atoms with Crippen LogP contribution < -0.4 is 0 Å². The van der Waals surface area contributed by atoms with Crippen LogP contribution in [0.25, 0.3) is 0 Å². The molecule has 1 aromatic carbocycles. The van der Waals surface area contributed by atoms with Crippen LogP contribution >= 0.6 is 11.3 Å². The summed E-state index contributed by atoms with van der Waals surface area (Å²) in [6.45, 7) is 0. The molecule has 0 bridgehead atoms. The van der Waals surface area contributed by atoms with E-state index in [4.69, 9.17) is 0 Å². The highest BCUT2D eigenvalue weighted by molar-refractivity contribution is 7.12. The molecule has 0 atom stereocenters. The molecule has 0 amide bonds. The summed E-state index contributed by atoms with van der Waals surface area (Å²) >= 11 is 1.31. The van der Waals surface area contributed by atoms with Crippen molar-refractivity contribution in [3.8, 4) is 0 Å². The predicted octanol–water partition coefficient (Wildman–Crippen LogP) is 3.34. The van der Waals surface area contributed by atoms with Gasteiger partial charge in [0.1, 0.15) is 5.82 Å². The average molecular weight is 248 g/mol. The molecule has 0 N–H and O–H groups in total. The Morgan fingerprint density at radius 3 is 2.35 bits per heavy atom. The first-order valence-electron chi connectivity index (χ1n) is 5.02. The molecule has 0 saturated carbocycles. The Balaban J connectivity index is 2.07. The van der Waals surface area contributed by atoms with Gasteiger partial charge in [-0.1, -0.05) is 6.07 Å². The number of carbonyl (C=O) groups is 2. The van der Waals surface area contributed by atoms with Crippen molar-refractivity contribution in [1.82, 2.24) is 0 Å². The Morgan fingerprint density at radius 2 is 1.76 bits per heavy atom. The second-order valence-corrected chi connectivity index (χ2v) is 4.46. The van der Waals surface area contributed by atoms with E-state index in [9.17, 15) is 14.0 Å². The molecule has 86 valence electrons. The highest BCUT2D eigenvalue weighted by atomic mass is 32.1. The second kappa shape index (κ2) is 5.01. The number of hydrogen-bond donors (Lipinski definition) is 0. The highest BCUT2D eigenvalue weighted by Crippen LogP contribution is 2.13. The Kier molecular flexibility index (Phi) is 3.44. The van der Waals surface area contributed by atoms with Crippen LogP contribution in [-0.4, -0.2) is 11.6 Å². The number of ketones is 2. The van der Waals surface area contributed by atoms with Crippen molar-refractivity contribution in [1.29, 1.82) is 0 Å². The largest absolute Gasteiger partial charge is 0.294 e. The third kappa shape index (κ3) is 2.85. The normalized spacial score (nSPS) is 10.2. The molecule has 0 aliphatic rings. The summed E-state index contributed by atoms with van der Waals surface area (Å²) in [4.78, 5) is 24.0. The number of carbonyl (C=O) groups excluding carboxylic acids is 2. The first kappa shape index (κ1) is 11.7. The molecule has 1 aromatic heterocycles. The van der Waals surface area contributed by atoms with Gasteiger partial charge in [0.15, 0.2) is 11.6 Å². The van der Waals surface area contributed by atoms with Crippen LogP contribution in [0, 0.1) is 5.82 Å². The molecule has 2 aromatic rings. The summed E-state index contributed by atoms with van der Waals surface area (Å²) in [5, 5.41) is 1.79. The molecular weight excluding hydrogens is 239 g/mol. The van der Waals surface area contributed by atoms with E-state index >= 15 is 0 Å². The fourth-order valence-corrected chi connectivity index (χ4v) is 2.07. The summed E-state index contributed by atoms with van der Waals surface area (Å²) in [6, 6.07) is 8.65. The van der Waals surface area contributed by atoms with Crippen LogP contribution in [-0.2, 0) is 0 Å². The fourth-order valence-electron chi connectivity index (χ4n) is 1.41. The van der Waals surface area contributed by atoms with E-state index in [0.717, 1.165) is 0 Å². The van der Waals surface area contributed by atoms with Crippen LogP contribution in [0.3, 0.4) is 0 Å². The lowest BCUT2D eigenvalue weighted by Crippen LogP contribution is -2.07. The van der Waals surface area contributed by atoms with Gasteiger partial charge in [0.05, 0.1) is 11.3 Å². The zero-order valence-corrected chi connectivity index (χ0v) is 9.67. The Hall–Kier alpha value is -1.81. The van der Waals surface area contributed by atoms with Crippen molar-refractivity contribution in [2.24, 2.45) is 0 Å². The van der Waals surface area contributed by atoms with Crippen LogP contribution in [0.4, 0.5) is 4.39 Å². The predicted molar refractivity (Wildman–Crippen MR) is 64.0 cm³/mol. The average Bonchev–Trinajstić information content (AvgIpc) is 2.83. The van der Waals surface area contributed by atoms with Crippen molar-refractivity contribution in [3.63, 3.8) is 0 Å². The maximum atomic E-state index is 12.7. The summed E-state index contributed by atoms with van der Waals surface area (Å²) in [5.74, 6) is -0.885. The van der Waals surface area contributed by atoms with Crippen LogP contribution in [0.5, 0.6) is 0 Å². The first-order chi connectivity index (χ1) is 8.16. The first-order valence-corrected chi connectivity index (χ1v) is 5.90. The molecule has 0 fully saturated rings. The van der Waals surface area contributed by atoms with Gasteiger partial charge < -0.3 is 0 Å². The smallest absolute Gasteiger partial charge is 0.180 e. The molecule has 2 nitrogen and oxygen atoms in total. The maximum absolute atomic E-state index is 12.7. The number of rotatable bonds is 4. The van der Waals surface area contributed by atoms with E-state index in [1.54, 1.807) is 17.5 Å². The van der Waals surface area contributed by atoms with Crippen LogP contribution in [0.15, 0.2) is 41.8 Å². The zero-order valence-electron chi connectivity index (χ0n) is 8.85. The van der Waals surface area contributed by atoms with Gasteiger partial charge in [-0.25, -0.2) is 4.39 Å². The van der Waals surface area contributed by atoms with Gasteiger partial charge in [-0.05, 0) is 35.7 Å². The van der Waals surface area contributed by atoms with E-state index < -0.39 is 5.82 Å². The minimum absolute atomic E-state index is 0.174. The van der Waals surface area contributed by atoms with Crippen molar-refractivity contribution in [2.45, 2.75) is 6.42 Å². The third-order valence-electron chi connectivity index (χ3n) is 2.28. The molecule has 1 heterocycles. The minimum atomic E-state index is -0.397. The third-order valence-corrected chi connectivity index (χ3v) is 3.19. The molecule has 0 aliphatic heterocycles. The number of benzene rings is 1. The quantitative estimate of drug-likeness (QED) is 0.614. The lowest BCUT2D eigenvalue weighted by molar-refractivity contribution is 0.0896. The van der Waals surface area contributed by atoms with Gasteiger partial charge in [-0.3, -0.25) is 9.59 Å². The van der Waals surface area contributed by atoms with Gasteiger partial charge in [0.2, 0.25) is 0 Å². The summed E-state index contributed by atoms with van der Waals surface area (Å²) in [6.07, 6.45) is -0.174. The SMILES string of the molecule is O=C(CC(=O)c1cccs1)c1ccc(F)cc1. The van der Waals surface area contributed by atoms with Gasteiger partial charge in [-0.15, -0.1) is 11.3 Å². The van der Waals surface area contributed by atoms with Gasteiger partial charge in [0.25, 0.3) is 0 Å². The van der Waals surface area contributed by atoms with Crippen LogP contribution in [0.1, 0.15) is 26.5 Å². The number of thiophene rings is 1. The lowest BCUT2D eigenvalue weighted by Gasteiger charge is -1.99. The number of halogens is 1. The van der Waals surface area contributed by atoms with Crippen molar-refractivity contribution in [2.75, 3.05) is 0 Å². The maximum Gasteiger partial charge on any atom is 0.180 e. The van der Waals surface area contributed by atoms with Crippen molar-refractivity contribution < 1.29 is 14.0 Å². The van der Waals surface area contributed by atoms with E-state index in [1.165, 1.54) is 35.6 Å². The van der Waals surface area contributed by atoms with E-state index in [2.05, 4.69) is 0 Å². The molecule has 0 radical (unpaired) electrons. The van der Waals surface area contributed by atoms with E-state index in [1.807, 2.05) is 0 Å². The molecule has 2 rings (SSSR count). The van der Waals surface area contributed by atoms with E-state index in [-0.39, 0.29) is 18.0 Å². The van der Waals surface area contributed by atoms with Crippen molar-refractivity contribution >= 4 is 22.9 Å². The standard InChI is InChI=1S/C13H9FO2S/c14-10-5-3-9(4-6-10)11(15)8-12(16)13-2-1-7-17-13/h1-7H,8H2. The summed E-state index contributed by atoms with van der Waals surface area (Å²) < 4.78 is 12.7. The van der Waals surface area contributed by atoms with Gasteiger partial charge in [0, 0.05) is 5.56 Å². The highest BCUT2D eigenvalue weighted by Gasteiger charge is 2.14. The summed E-state index contributed by atoms with van der Waals surface area (Å²) in [5.41, 5.74) is 0.358. The molecule has 0 saturated heterocycles. The summed E-state index contributed by atoms with van der Waals surface area (Å²) in [7, 11) is 0. The van der Waals surface area contributed by atoms with Crippen molar-refractivity contribution in [3.05, 3.63) is 58.0 Å². The monoisotopic (exact) mass is 248 g/mol. The van der Waals surface area contributed by atoms with Gasteiger partial charge in [-0.2, -0.15) is 0 Å². The lowest BCUT2D eigenvalue weighted by atomic mass is 10.1. The number of hydrogen-bond acceptors (Lipinski definition) is 3. The second-order valence-electron chi connectivity index (χ2n) is 3.51. The number of Topliss-reactive ketones (excluding diaryl/α,β-unsaturated/α-hetero) is 2. The van der Waals surface area contributed by atoms with Gasteiger partial charge >= 0.3 is 0 Å². The molecule has 0 aliphatic carbocycles. The minimum Gasteiger partial charge on any atom is -0.294 e. The Morgan fingerprint density at radius 1 is 1.06 bits per heavy atom. The zero-order chi connectivity index (χ0) is 12.3. The Bertz CT molecular complexity index is 529. The van der Waals surface area contributed by atoms with Crippen LogP contribution in [0.2, 0.25) is 0 Å². The van der Waals surface area contributed by atoms with E-state index in [0.29, 0.717) is 10.4 Å². The topological polar surface area (TPSA) is 34.1 Å². The molecule has 17 heavy (non-hydrogen) atoms. The molecule has 0 spiro atoms. The fraction of sp³-hybridized carbons (Fsp3) is 0.0769. The Labute approximate surface area is 102 Å². The molecule has 4 heteroatoms. The molecular formula is C13H9FO2S. The molecule has 0 unspecified atom stereocenters.